The van der Waals surface area contributed by atoms with Crippen molar-refractivity contribution in [2.45, 2.75) is 13.0 Å². The average Bonchev–Trinajstić information content (AvgIpc) is 2.91. The Morgan fingerprint density at radius 1 is 1.43 bits per heavy atom. The molecule has 0 radical (unpaired) electrons. The number of rotatable bonds is 3. The van der Waals surface area contributed by atoms with E-state index in [4.69, 9.17) is 4.74 Å². The molecule has 21 heavy (non-hydrogen) atoms. The average molecular weight is 343 g/mol. The third-order valence-electron chi connectivity index (χ3n) is 3.07. The maximum absolute atomic E-state index is 9.19. The summed E-state index contributed by atoms with van der Waals surface area (Å²) in [6.45, 7) is 1.92. The van der Waals surface area contributed by atoms with Gasteiger partial charge in [-0.05, 0) is 41.1 Å². The number of halogens is 1. The third kappa shape index (κ3) is 2.60. The van der Waals surface area contributed by atoms with Gasteiger partial charge in [-0.1, -0.05) is 6.07 Å². The largest absolute Gasteiger partial charge is 0.482 e. The van der Waals surface area contributed by atoms with E-state index in [0.29, 0.717) is 16.8 Å². The van der Waals surface area contributed by atoms with Crippen LogP contribution in [0.5, 0.6) is 5.75 Å². The predicted molar refractivity (Wildman–Crippen MR) is 80.9 cm³/mol. The minimum Gasteiger partial charge on any atom is -0.482 e. The minimum atomic E-state index is -0.231. The Morgan fingerprint density at radius 2 is 2.29 bits per heavy atom. The molecule has 0 aliphatic heterocycles. The number of ether oxygens (including phenoxy) is 1. The molecule has 0 N–H and O–H groups in total. The maximum Gasteiger partial charge on any atom is 0.148 e. The van der Waals surface area contributed by atoms with Gasteiger partial charge in [-0.15, -0.1) is 0 Å². The first-order chi connectivity index (χ1) is 10.2. The summed E-state index contributed by atoms with van der Waals surface area (Å²) in [6.07, 6.45) is 4.81. The fourth-order valence-corrected chi connectivity index (χ4v) is 2.49. The second kappa shape index (κ2) is 5.54. The van der Waals surface area contributed by atoms with E-state index in [1.165, 1.54) is 6.20 Å². The summed E-state index contributed by atoms with van der Waals surface area (Å²) in [5.41, 5.74) is 1.96. The standard InChI is InChI=1S/C15H11BrN4O/c1-10(13-4-2-3-5-18-13)21-14-6-12(16)9-20-15(14)11(7-17)8-19-20/h2-6,8-10H,1H3/t10-/m0/s1. The van der Waals surface area contributed by atoms with E-state index in [1.54, 1.807) is 16.9 Å². The molecule has 6 heteroatoms. The van der Waals surface area contributed by atoms with Crippen molar-refractivity contribution in [2.24, 2.45) is 0 Å². The van der Waals surface area contributed by atoms with Crippen LogP contribution >= 0.6 is 15.9 Å². The van der Waals surface area contributed by atoms with Crippen LogP contribution in [0.3, 0.4) is 0 Å². The van der Waals surface area contributed by atoms with Crippen LogP contribution in [0.15, 0.2) is 47.3 Å². The number of hydrogen-bond acceptors (Lipinski definition) is 4. The second-order valence-corrected chi connectivity index (χ2v) is 5.42. The zero-order chi connectivity index (χ0) is 14.8. The van der Waals surface area contributed by atoms with Crippen LogP contribution in [-0.4, -0.2) is 14.6 Å². The van der Waals surface area contributed by atoms with Gasteiger partial charge in [-0.3, -0.25) is 4.98 Å². The summed E-state index contributed by atoms with van der Waals surface area (Å²) in [4.78, 5) is 4.28. The maximum atomic E-state index is 9.19. The predicted octanol–water partition coefficient (Wildman–Crippen LogP) is 3.50. The molecule has 0 aliphatic carbocycles. The molecule has 3 aromatic rings. The first-order valence-electron chi connectivity index (χ1n) is 6.33. The Morgan fingerprint density at radius 3 is 3.00 bits per heavy atom. The van der Waals surface area contributed by atoms with Gasteiger partial charge in [0.15, 0.2) is 0 Å². The van der Waals surface area contributed by atoms with Crippen LogP contribution in [0, 0.1) is 11.3 Å². The minimum absolute atomic E-state index is 0.231. The summed E-state index contributed by atoms with van der Waals surface area (Å²) < 4.78 is 8.44. The topological polar surface area (TPSA) is 63.2 Å². The van der Waals surface area contributed by atoms with E-state index < -0.39 is 0 Å². The zero-order valence-electron chi connectivity index (χ0n) is 11.2. The molecular weight excluding hydrogens is 332 g/mol. The summed E-state index contributed by atoms with van der Waals surface area (Å²) in [7, 11) is 0. The van der Waals surface area contributed by atoms with Crippen LogP contribution in [0.4, 0.5) is 0 Å². The van der Waals surface area contributed by atoms with Crippen LogP contribution in [0.1, 0.15) is 24.3 Å². The lowest BCUT2D eigenvalue weighted by Crippen LogP contribution is -2.06. The van der Waals surface area contributed by atoms with E-state index in [9.17, 15) is 5.26 Å². The summed E-state index contributed by atoms with van der Waals surface area (Å²) in [5, 5.41) is 13.3. The Hall–Kier alpha value is -2.39. The van der Waals surface area contributed by atoms with Crippen molar-refractivity contribution in [3.05, 3.63) is 58.6 Å². The molecule has 3 rings (SSSR count). The highest BCUT2D eigenvalue weighted by molar-refractivity contribution is 9.10. The number of aromatic nitrogens is 3. The fraction of sp³-hybridized carbons (Fsp3) is 0.133. The lowest BCUT2D eigenvalue weighted by Gasteiger charge is -2.15. The van der Waals surface area contributed by atoms with E-state index in [2.05, 4.69) is 32.1 Å². The Kier molecular flexibility index (Phi) is 3.59. The van der Waals surface area contributed by atoms with Crippen molar-refractivity contribution >= 4 is 21.4 Å². The Labute approximate surface area is 129 Å². The molecule has 0 amide bonds. The highest BCUT2D eigenvalue weighted by Gasteiger charge is 2.15. The van der Waals surface area contributed by atoms with Crippen LogP contribution in [-0.2, 0) is 0 Å². The number of hydrogen-bond donors (Lipinski definition) is 0. The summed E-state index contributed by atoms with van der Waals surface area (Å²) in [5.74, 6) is 0.594. The molecule has 5 nitrogen and oxygen atoms in total. The molecule has 1 atom stereocenters. The smallest absolute Gasteiger partial charge is 0.148 e. The molecular formula is C15H11BrN4O. The van der Waals surface area contributed by atoms with E-state index >= 15 is 0 Å². The molecule has 0 aromatic carbocycles. The monoisotopic (exact) mass is 342 g/mol. The summed E-state index contributed by atoms with van der Waals surface area (Å²) in [6, 6.07) is 9.64. The third-order valence-corrected chi connectivity index (χ3v) is 3.51. The van der Waals surface area contributed by atoms with Gasteiger partial charge >= 0.3 is 0 Å². The first-order valence-corrected chi connectivity index (χ1v) is 7.13. The molecule has 3 aromatic heterocycles. The van der Waals surface area contributed by atoms with E-state index in [1.807, 2.05) is 31.2 Å². The molecule has 0 bridgehead atoms. The van der Waals surface area contributed by atoms with Gasteiger partial charge in [-0.2, -0.15) is 10.4 Å². The lowest BCUT2D eigenvalue weighted by atomic mass is 10.2. The normalized spacial score (nSPS) is 12.0. The quantitative estimate of drug-likeness (QED) is 0.730. The number of nitriles is 1. The molecule has 0 aliphatic rings. The van der Waals surface area contributed by atoms with Crippen LogP contribution in [0.25, 0.3) is 5.52 Å². The van der Waals surface area contributed by atoms with Crippen molar-refractivity contribution in [3.63, 3.8) is 0 Å². The van der Waals surface area contributed by atoms with E-state index in [-0.39, 0.29) is 6.10 Å². The summed E-state index contributed by atoms with van der Waals surface area (Å²) >= 11 is 3.42. The Balaban J connectivity index is 2.04. The molecule has 0 saturated carbocycles. The molecule has 0 saturated heterocycles. The Bertz CT molecular complexity index is 823. The van der Waals surface area contributed by atoms with Crippen LogP contribution in [0.2, 0.25) is 0 Å². The van der Waals surface area contributed by atoms with Crippen molar-refractivity contribution in [2.75, 3.05) is 0 Å². The second-order valence-electron chi connectivity index (χ2n) is 4.50. The SMILES string of the molecule is C[C@H](Oc1cc(Br)cn2ncc(C#N)c12)c1ccccn1. The number of pyridine rings is 2. The fourth-order valence-electron chi connectivity index (χ4n) is 2.09. The van der Waals surface area contributed by atoms with Gasteiger partial charge in [0.25, 0.3) is 0 Å². The molecule has 0 fully saturated rings. The van der Waals surface area contributed by atoms with Crippen LogP contribution < -0.4 is 4.74 Å². The van der Waals surface area contributed by atoms with Gasteiger partial charge in [0.2, 0.25) is 0 Å². The molecule has 0 unspecified atom stereocenters. The highest BCUT2D eigenvalue weighted by atomic mass is 79.9. The van der Waals surface area contributed by atoms with Gasteiger partial charge in [0, 0.05) is 16.9 Å². The van der Waals surface area contributed by atoms with E-state index in [0.717, 1.165) is 10.2 Å². The van der Waals surface area contributed by atoms with Gasteiger partial charge in [0.1, 0.15) is 29.0 Å². The lowest BCUT2D eigenvalue weighted by molar-refractivity contribution is 0.224. The zero-order valence-corrected chi connectivity index (χ0v) is 12.8. The van der Waals surface area contributed by atoms with Crippen molar-refractivity contribution in [1.29, 1.82) is 5.26 Å². The van der Waals surface area contributed by atoms with Crippen molar-refractivity contribution in [3.8, 4) is 11.8 Å². The molecule has 0 spiro atoms. The molecule has 3 heterocycles. The van der Waals surface area contributed by atoms with Crippen molar-refractivity contribution < 1.29 is 4.74 Å². The van der Waals surface area contributed by atoms with Gasteiger partial charge in [-0.25, -0.2) is 4.52 Å². The number of fused-ring (bicyclic) bond motifs is 1. The van der Waals surface area contributed by atoms with Gasteiger partial charge in [0.05, 0.1) is 11.9 Å². The van der Waals surface area contributed by atoms with Gasteiger partial charge < -0.3 is 4.74 Å². The first kappa shape index (κ1) is 13.6. The highest BCUT2D eigenvalue weighted by Crippen LogP contribution is 2.30. The number of nitrogens with zero attached hydrogens (tertiary/aromatic N) is 4. The van der Waals surface area contributed by atoms with Crippen molar-refractivity contribution in [1.82, 2.24) is 14.6 Å². The molecule has 104 valence electrons.